The van der Waals surface area contributed by atoms with E-state index >= 15 is 4.39 Å². The molecule has 0 unspecified atom stereocenters. The van der Waals surface area contributed by atoms with Gasteiger partial charge >= 0.3 is 6.01 Å². The molecular formula is C41H47F2N7O3. The second-order valence-electron chi connectivity index (χ2n) is 15.6. The third-order valence-electron chi connectivity index (χ3n) is 11.3. The largest absolute Gasteiger partial charge is 0.461 e. The van der Waals surface area contributed by atoms with Gasteiger partial charge in [0, 0.05) is 48.8 Å². The van der Waals surface area contributed by atoms with Crippen molar-refractivity contribution in [2.45, 2.75) is 82.5 Å². The molecule has 2 fully saturated rings. The minimum Gasteiger partial charge on any atom is -0.461 e. The number of β-amino-alcohol motifs (C(OH)–C–C–N with tert-alkyl or cyclic N) is 1. The maximum Gasteiger partial charge on any atom is 0.319 e. The predicted molar refractivity (Wildman–Crippen MR) is 202 cm³/mol. The molecule has 4 aliphatic rings. The van der Waals surface area contributed by atoms with E-state index in [1.807, 2.05) is 34.9 Å². The van der Waals surface area contributed by atoms with Gasteiger partial charge in [0.05, 0.1) is 53.1 Å². The lowest BCUT2D eigenvalue weighted by molar-refractivity contribution is -0.116. The van der Waals surface area contributed by atoms with Crippen LogP contribution in [0.2, 0.25) is 0 Å². The van der Waals surface area contributed by atoms with Crippen LogP contribution in [0, 0.1) is 23.6 Å². The Labute approximate surface area is 309 Å². The van der Waals surface area contributed by atoms with E-state index in [2.05, 4.69) is 28.1 Å². The van der Waals surface area contributed by atoms with Gasteiger partial charge in [-0.2, -0.15) is 9.97 Å². The summed E-state index contributed by atoms with van der Waals surface area (Å²) >= 11 is 0. The number of carbonyl (C=O) groups excluding carboxylic acids is 1. The van der Waals surface area contributed by atoms with E-state index in [1.165, 1.54) is 12.1 Å². The molecule has 1 aromatic carbocycles. The van der Waals surface area contributed by atoms with Crippen LogP contribution in [0.3, 0.4) is 0 Å². The van der Waals surface area contributed by atoms with Crippen molar-refractivity contribution >= 4 is 29.2 Å². The van der Waals surface area contributed by atoms with Crippen molar-refractivity contribution in [1.29, 1.82) is 0 Å². The number of nitrogens with one attached hydrogen (secondary N) is 2. The SMILES string of the molecule is C#Cc1c(F)ccc2c1N(C1=Cc3nc(OC[C@]4(C)C[C@@H](F)CN4c4cccnc4)nc(NCC4(CNC(=O)C=C)CCCC4)c3CC1)C[C@@](C)(O)C2. The van der Waals surface area contributed by atoms with Gasteiger partial charge in [0.1, 0.15) is 24.4 Å². The number of rotatable bonds is 11. The zero-order chi connectivity index (χ0) is 37.4. The molecule has 53 heavy (non-hydrogen) atoms. The van der Waals surface area contributed by atoms with Crippen LogP contribution in [0.4, 0.5) is 26.0 Å². The molecule has 12 heteroatoms. The molecular weight excluding hydrogens is 676 g/mol. The average molecular weight is 724 g/mol. The van der Waals surface area contributed by atoms with Crippen molar-refractivity contribution in [1.82, 2.24) is 20.3 Å². The molecule has 1 saturated heterocycles. The minimum absolute atomic E-state index is 0.127. The van der Waals surface area contributed by atoms with Gasteiger partial charge in [-0.3, -0.25) is 9.78 Å². The van der Waals surface area contributed by atoms with Crippen LogP contribution in [-0.4, -0.2) is 76.1 Å². The Kier molecular flexibility index (Phi) is 9.89. The smallest absolute Gasteiger partial charge is 0.319 e. The number of benzene rings is 1. The number of anilines is 3. The molecule has 10 nitrogen and oxygen atoms in total. The molecule has 3 aromatic rings. The van der Waals surface area contributed by atoms with Crippen molar-refractivity contribution in [3.05, 3.63) is 83.2 Å². The third kappa shape index (κ3) is 7.45. The lowest BCUT2D eigenvalue weighted by Gasteiger charge is -2.42. The van der Waals surface area contributed by atoms with Crippen molar-refractivity contribution in [3.8, 4) is 18.4 Å². The highest BCUT2D eigenvalue weighted by atomic mass is 19.1. The van der Waals surface area contributed by atoms with Gasteiger partial charge in [-0.05, 0) is 75.4 Å². The second kappa shape index (κ2) is 14.4. The van der Waals surface area contributed by atoms with Crippen LogP contribution in [0.25, 0.3) is 6.08 Å². The Balaban J connectivity index is 1.24. The maximum atomic E-state index is 15.1. The molecule has 0 spiro atoms. The van der Waals surface area contributed by atoms with E-state index in [1.54, 1.807) is 25.4 Å². The van der Waals surface area contributed by atoms with Gasteiger partial charge in [0.2, 0.25) is 5.91 Å². The summed E-state index contributed by atoms with van der Waals surface area (Å²) in [5.74, 6) is 2.49. The number of aromatic nitrogens is 3. The Morgan fingerprint density at radius 1 is 1.21 bits per heavy atom. The van der Waals surface area contributed by atoms with Crippen LogP contribution < -0.4 is 25.2 Å². The standard InChI is InChI=1S/C41H47F2N7O3/c1-5-31-33(43)14-11-27-19-40(4,52)25-49(36(27)31)29-12-13-32-34(18-29)47-38(48-37(32)46-24-41(15-7-8-16-41)23-45-35(51)6-2)53-26-39(3)20-28(42)22-50(39)30-10-9-17-44-21-30/h1,6,9-11,14,17-18,21,28,52H,2,7-8,12-13,15-16,19-20,22-26H2,3-4H3,(H,45,51)(H,46,47,48)/t28-,39+,40+/m1/s1. The summed E-state index contributed by atoms with van der Waals surface area (Å²) < 4.78 is 36.5. The first kappa shape index (κ1) is 36.3. The number of nitrogens with zero attached hydrogens (tertiary/aromatic N) is 5. The summed E-state index contributed by atoms with van der Waals surface area (Å²) in [6, 6.07) is 6.93. The van der Waals surface area contributed by atoms with Gasteiger partial charge in [-0.25, -0.2) is 8.78 Å². The molecule has 4 heterocycles. The molecule has 3 atom stereocenters. The number of allylic oxidation sites excluding steroid dienone is 1. The first-order chi connectivity index (χ1) is 25.4. The molecule has 2 aliphatic carbocycles. The molecule has 2 aliphatic heterocycles. The highest BCUT2D eigenvalue weighted by Gasteiger charge is 2.44. The Bertz CT molecular complexity index is 1960. The molecule has 278 valence electrons. The molecule has 0 radical (unpaired) electrons. The zero-order valence-corrected chi connectivity index (χ0v) is 30.4. The molecule has 3 N–H and O–H groups in total. The predicted octanol–water partition coefficient (Wildman–Crippen LogP) is 5.75. The average Bonchev–Trinajstić information content (AvgIpc) is 3.75. The number of carbonyl (C=O) groups is 1. The maximum absolute atomic E-state index is 15.1. The fourth-order valence-corrected chi connectivity index (χ4v) is 8.60. The Morgan fingerprint density at radius 2 is 2.02 bits per heavy atom. The molecule has 0 bridgehead atoms. The van der Waals surface area contributed by atoms with Gasteiger partial charge in [0.15, 0.2) is 0 Å². The fourth-order valence-electron chi connectivity index (χ4n) is 8.60. The quantitative estimate of drug-likeness (QED) is 0.168. The van der Waals surface area contributed by atoms with E-state index in [0.717, 1.165) is 48.2 Å². The van der Waals surface area contributed by atoms with E-state index < -0.39 is 23.1 Å². The third-order valence-corrected chi connectivity index (χ3v) is 11.3. The molecule has 7 rings (SSSR count). The van der Waals surface area contributed by atoms with E-state index in [4.69, 9.17) is 21.1 Å². The van der Waals surface area contributed by atoms with Crippen molar-refractivity contribution in [2.75, 3.05) is 47.9 Å². The number of alkyl halides is 1. The normalized spacial score (nSPS) is 24.5. The number of terminal acetylenes is 1. The molecule has 1 amide bonds. The van der Waals surface area contributed by atoms with Gasteiger partial charge in [0.25, 0.3) is 0 Å². The minimum atomic E-state index is -1.08. The number of aliphatic hydroxyl groups is 1. The molecule has 2 aromatic heterocycles. The second-order valence-corrected chi connectivity index (χ2v) is 15.6. The number of ether oxygens (including phenoxy) is 1. The summed E-state index contributed by atoms with van der Waals surface area (Å²) in [6.07, 6.45) is 17.2. The summed E-state index contributed by atoms with van der Waals surface area (Å²) in [7, 11) is 0. The van der Waals surface area contributed by atoms with Crippen LogP contribution in [0.5, 0.6) is 6.01 Å². The Hall–Kier alpha value is -5.02. The first-order valence-corrected chi connectivity index (χ1v) is 18.4. The lowest BCUT2D eigenvalue weighted by atomic mass is 9.85. The summed E-state index contributed by atoms with van der Waals surface area (Å²) in [5.41, 5.74) is 2.78. The number of pyridine rings is 1. The molecule has 1 saturated carbocycles. The van der Waals surface area contributed by atoms with Crippen LogP contribution in [0.1, 0.15) is 74.8 Å². The van der Waals surface area contributed by atoms with Crippen molar-refractivity contribution in [3.63, 3.8) is 0 Å². The van der Waals surface area contributed by atoms with Crippen LogP contribution in [0.15, 0.2) is 55.0 Å². The van der Waals surface area contributed by atoms with Crippen LogP contribution >= 0.6 is 0 Å². The van der Waals surface area contributed by atoms with Crippen molar-refractivity contribution in [2.24, 2.45) is 5.41 Å². The zero-order valence-electron chi connectivity index (χ0n) is 30.4. The van der Waals surface area contributed by atoms with E-state index in [-0.39, 0.29) is 49.0 Å². The number of hydrogen-bond acceptors (Lipinski definition) is 9. The highest BCUT2D eigenvalue weighted by Crippen LogP contribution is 2.43. The van der Waals surface area contributed by atoms with E-state index in [9.17, 15) is 14.3 Å². The first-order valence-electron chi connectivity index (χ1n) is 18.4. The topological polar surface area (TPSA) is 116 Å². The summed E-state index contributed by atoms with van der Waals surface area (Å²) in [6.45, 7) is 9.00. The lowest BCUT2D eigenvalue weighted by Crippen LogP contribution is -2.47. The highest BCUT2D eigenvalue weighted by molar-refractivity contribution is 5.86. The summed E-state index contributed by atoms with van der Waals surface area (Å²) in [4.78, 5) is 30.1. The van der Waals surface area contributed by atoms with Crippen LogP contribution in [-0.2, 0) is 17.6 Å². The van der Waals surface area contributed by atoms with Gasteiger partial charge in [-0.1, -0.05) is 31.4 Å². The van der Waals surface area contributed by atoms with Gasteiger partial charge in [-0.15, -0.1) is 6.42 Å². The Morgan fingerprint density at radius 3 is 2.75 bits per heavy atom. The number of amides is 1. The fraction of sp³-hybridized carbons (Fsp3) is 0.463. The van der Waals surface area contributed by atoms with E-state index in [0.29, 0.717) is 49.6 Å². The van der Waals surface area contributed by atoms with Gasteiger partial charge < -0.3 is 30.3 Å². The number of hydrogen-bond donors (Lipinski definition) is 3. The number of halogens is 2. The summed E-state index contributed by atoms with van der Waals surface area (Å²) in [5, 5.41) is 17.9. The van der Waals surface area contributed by atoms with Crippen molar-refractivity contribution < 1.29 is 23.4 Å². The number of fused-ring (bicyclic) bond motifs is 2. The monoisotopic (exact) mass is 723 g/mol.